The lowest BCUT2D eigenvalue weighted by Crippen LogP contribution is -2.36. The maximum atomic E-state index is 13.8. The van der Waals surface area contributed by atoms with Crippen molar-refractivity contribution in [1.82, 2.24) is 5.32 Å². The van der Waals surface area contributed by atoms with Crippen LogP contribution in [0, 0.1) is 11.7 Å². The molecule has 0 saturated carbocycles. The van der Waals surface area contributed by atoms with Gasteiger partial charge in [0.05, 0.1) is 10.5 Å². The smallest absolute Gasteiger partial charge is 0.262 e. The third-order valence-corrected chi connectivity index (χ3v) is 5.17. The zero-order valence-corrected chi connectivity index (χ0v) is 14.2. The van der Waals surface area contributed by atoms with Crippen LogP contribution in [0.3, 0.4) is 0 Å². The van der Waals surface area contributed by atoms with Crippen molar-refractivity contribution in [2.24, 2.45) is 5.92 Å². The lowest BCUT2D eigenvalue weighted by molar-refractivity contribution is 0.0926. The van der Waals surface area contributed by atoms with Crippen LogP contribution in [0.4, 0.5) is 4.39 Å². The third kappa shape index (κ3) is 4.17. The molecule has 1 rings (SSSR count). The Hall–Kier alpha value is -0.660. The first-order valence-electron chi connectivity index (χ1n) is 5.78. The number of nitrogens with one attached hydrogen (secondary N) is 1. The number of carbonyl (C=O) groups excluding carboxylic acids is 1. The largest absolute Gasteiger partial charge is 0.349 e. The van der Waals surface area contributed by atoms with Crippen LogP contribution < -0.4 is 5.32 Å². The first-order valence-corrected chi connectivity index (χ1v) is 8.88. The van der Waals surface area contributed by atoms with E-state index in [0.29, 0.717) is 0 Å². The molecule has 1 amide bonds. The van der Waals surface area contributed by atoms with E-state index in [1.165, 1.54) is 0 Å². The lowest BCUT2D eigenvalue weighted by Gasteiger charge is -2.18. The second-order valence-electron chi connectivity index (χ2n) is 4.71. The van der Waals surface area contributed by atoms with Gasteiger partial charge in [-0.15, -0.1) is 0 Å². The molecule has 0 saturated heterocycles. The normalized spacial score (nSPS) is 13.3. The Morgan fingerprint density at radius 2 is 1.90 bits per heavy atom. The summed E-state index contributed by atoms with van der Waals surface area (Å²) in [5.41, 5.74) is -0.361. The summed E-state index contributed by atoms with van der Waals surface area (Å²) >= 11 is 2.90. The second kappa shape index (κ2) is 6.41. The molecule has 1 atom stereocenters. The maximum absolute atomic E-state index is 13.8. The average Bonchev–Trinajstić information content (AvgIpc) is 2.26. The van der Waals surface area contributed by atoms with Crippen LogP contribution >= 0.6 is 26.6 Å². The Morgan fingerprint density at radius 1 is 1.35 bits per heavy atom. The minimum atomic E-state index is -4.07. The fraction of sp³-hybridized carbons (Fsp3) is 0.417. The molecule has 1 aromatic rings. The van der Waals surface area contributed by atoms with Crippen molar-refractivity contribution < 1.29 is 17.6 Å². The van der Waals surface area contributed by atoms with E-state index in [1.807, 2.05) is 13.8 Å². The number of benzene rings is 1. The van der Waals surface area contributed by atoms with Gasteiger partial charge in [-0.1, -0.05) is 13.8 Å². The van der Waals surface area contributed by atoms with Crippen LogP contribution in [0.1, 0.15) is 31.1 Å². The van der Waals surface area contributed by atoms with E-state index >= 15 is 0 Å². The SMILES string of the molecule is CC(C)C(C)NC(=O)c1cc(S(=O)(=O)Cl)c(Br)cc1F. The Bertz CT molecular complexity index is 634. The Labute approximate surface area is 130 Å². The monoisotopic (exact) mass is 385 g/mol. The zero-order valence-electron chi connectivity index (χ0n) is 11.1. The van der Waals surface area contributed by atoms with Crippen molar-refractivity contribution >= 4 is 41.6 Å². The van der Waals surface area contributed by atoms with Gasteiger partial charge in [0.15, 0.2) is 0 Å². The summed E-state index contributed by atoms with van der Waals surface area (Å²) in [6.45, 7) is 5.58. The zero-order chi connectivity index (χ0) is 15.7. The molecule has 1 N–H and O–H groups in total. The van der Waals surface area contributed by atoms with Gasteiger partial charge in [-0.05, 0) is 40.9 Å². The van der Waals surface area contributed by atoms with E-state index in [-0.39, 0.29) is 26.9 Å². The molecule has 20 heavy (non-hydrogen) atoms. The Kier molecular flexibility index (Phi) is 5.57. The van der Waals surface area contributed by atoms with Gasteiger partial charge < -0.3 is 5.32 Å². The van der Waals surface area contributed by atoms with E-state index in [9.17, 15) is 17.6 Å². The fourth-order valence-electron chi connectivity index (χ4n) is 1.34. The number of rotatable bonds is 4. The molecular weight excluding hydrogens is 373 g/mol. The van der Waals surface area contributed by atoms with Crippen molar-refractivity contribution in [3.63, 3.8) is 0 Å². The molecular formula is C12H14BrClFNO3S. The first-order chi connectivity index (χ1) is 9.04. The number of hydrogen-bond donors (Lipinski definition) is 1. The van der Waals surface area contributed by atoms with E-state index in [0.717, 1.165) is 12.1 Å². The molecule has 0 bridgehead atoms. The van der Waals surface area contributed by atoms with Crippen LogP contribution in [-0.4, -0.2) is 20.4 Å². The number of halogens is 3. The van der Waals surface area contributed by atoms with Crippen LogP contribution in [0.25, 0.3) is 0 Å². The number of amides is 1. The second-order valence-corrected chi connectivity index (χ2v) is 8.10. The molecule has 8 heteroatoms. The summed E-state index contributed by atoms with van der Waals surface area (Å²) in [6, 6.07) is 1.65. The highest BCUT2D eigenvalue weighted by Gasteiger charge is 2.22. The van der Waals surface area contributed by atoms with Crippen LogP contribution in [0.5, 0.6) is 0 Å². The summed E-state index contributed by atoms with van der Waals surface area (Å²) in [6.07, 6.45) is 0. The summed E-state index contributed by atoms with van der Waals surface area (Å²) in [5, 5.41) is 2.60. The maximum Gasteiger partial charge on any atom is 0.262 e. The molecule has 4 nitrogen and oxygen atoms in total. The molecule has 1 aromatic carbocycles. The predicted octanol–water partition coefficient (Wildman–Crippen LogP) is 3.29. The average molecular weight is 387 g/mol. The van der Waals surface area contributed by atoms with Gasteiger partial charge in [-0.3, -0.25) is 4.79 Å². The van der Waals surface area contributed by atoms with Gasteiger partial charge in [-0.2, -0.15) is 0 Å². The quantitative estimate of drug-likeness (QED) is 0.808. The predicted molar refractivity (Wildman–Crippen MR) is 78.9 cm³/mol. The van der Waals surface area contributed by atoms with E-state index in [4.69, 9.17) is 10.7 Å². The number of hydrogen-bond acceptors (Lipinski definition) is 3. The Morgan fingerprint density at radius 3 is 2.35 bits per heavy atom. The summed E-state index contributed by atoms with van der Waals surface area (Å²) in [7, 11) is 1.16. The van der Waals surface area contributed by atoms with Gasteiger partial charge in [-0.25, -0.2) is 12.8 Å². The molecule has 0 heterocycles. The molecule has 0 spiro atoms. The highest BCUT2D eigenvalue weighted by molar-refractivity contribution is 9.10. The van der Waals surface area contributed by atoms with Crippen molar-refractivity contribution in [1.29, 1.82) is 0 Å². The Balaban J connectivity index is 3.22. The van der Waals surface area contributed by atoms with Crippen molar-refractivity contribution in [3.05, 3.63) is 28.0 Å². The van der Waals surface area contributed by atoms with Crippen LogP contribution in [0.2, 0.25) is 0 Å². The minimum Gasteiger partial charge on any atom is -0.349 e. The summed E-state index contributed by atoms with van der Waals surface area (Å²) in [4.78, 5) is 11.6. The molecule has 0 aliphatic heterocycles. The van der Waals surface area contributed by atoms with Gasteiger partial charge >= 0.3 is 0 Å². The lowest BCUT2D eigenvalue weighted by atomic mass is 10.1. The van der Waals surface area contributed by atoms with Gasteiger partial charge in [0.25, 0.3) is 15.0 Å². The van der Waals surface area contributed by atoms with Gasteiger partial charge in [0, 0.05) is 21.2 Å². The molecule has 0 aliphatic carbocycles. The van der Waals surface area contributed by atoms with Crippen molar-refractivity contribution in [3.8, 4) is 0 Å². The van der Waals surface area contributed by atoms with Gasteiger partial charge in [0.2, 0.25) is 0 Å². The molecule has 0 aliphatic rings. The fourth-order valence-corrected chi connectivity index (χ4v) is 3.51. The van der Waals surface area contributed by atoms with Crippen LogP contribution in [0.15, 0.2) is 21.5 Å². The standard InChI is InChI=1S/C12H14BrClFNO3S/c1-6(2)7(3)16-12(17)8-4-11(20(14,18)19)9(13)5-10(8)15/h4-7H,1-3H3,(H,16,17). The van der Waals surface area contributed by atoms with Gasteiger partial charge in [0.1, 0.15) is 5.82 Å². The summed E-state index contributed by atoms with van der Waals surface area (Å²) < 4.78 is 36.5. The third-order valence-electron chi connectivity index (χ3n) is 2.89. The first kappa shape index (κ1) is 17.4. The molecule has 1 unspecified atom stereocenters. The summed E-state index contributed by atoms with van der Waals surface area (Å²) in [5.74, 6) is -1.35. The van der Waals surface area contributed by atoms with Crippen LogP contribution in [-0.2, 0) is 9.05 Å². The highest BCUT2D eigenvalue weighted by atomic mass is 79.9. The topological polar surface area (TPSA) is 63.2 Å². The van der Waals surface area contributed by atoms with E-state index in [2.05, 4.69) is 21.2 Å². The minimum absolute atomic E-state index is 0.0292. The molecule has 0 fully saturated rings. The molecule has 112 valence electrons. The van der Waals surface area contributed by atoms with Crippen molar-refractivity contribution in [2.75, 3.05) is 0 Å². The molecule has 0 radical (unpaired) electrons. The number of carbonyl (C=O) groups is 1. The van der Waals surface area contributed by atoms with Crippen molar-refractivity contribution in [2.45, 2.75) is 31.7 Å². The molecule has 0 aromatic heterocycles. The van der Waals surface area contributed by atoms with E-state index in [1.54, 1.807) is 6.92 Å². The highest BCUT2D eigenvalue weighted by Crippen LogP contribution is 2.28. The van der Waals surface area contributed by atoms with E-state index < -0.39 is 20.8 Å².